The van der Waals surface area contributed by atoms with Gasteiger partial charge in [-0.25, -0.2) is 9.59 Å². The summed E-state index contributed by atoms with van der Waals surface area (Å²) >= 11 is 0. The molecule has 3 N–H and O–H groups in total. The number of carbonyl (C=O) groups is 4. The van der Waals surface area contributed by atoms with Crippen LogP contribution in [0.1, 0.15) is 79.5 Å². The quantitative estimate of drug-likeness (QED) is 0.366. The van der Waals surface area contributed by atoms with Gasteiger partial charge in [0.15, 0.2) is 0 Å². The third kappa shape index (κ3) is 11.1. The Morgan fingerprint density at radius 3 is 1.86 bits per heavy atom. The minimum atomic E-state index is -1.22. The van der Waals surface area contributed by atoms with Gasteiger partial charge < -0.3 is 30.1 Å². The van der Waals surface area contributed by atoms with Crippen LogP contribution in [-0.4, -0.2) is 63.2 Å². The number of nitrogens with zero attached hydrogens (tertiary/aromatic N) is 1. The lowest BCUT2D eigenvalue weighted by atomic mass is 9.95. The second-order valence-corrected chi connectivity index (χ2v) is 13.1. The lowest BCUT2D eigenvalue weighted by Gasteiger charge is -2.41. The zero-order valence-corrected chi connectivity index (χ0v) is 26.1. The molecule has 0 aromatic heterocycles. The number of ether oxygens (including phenoxy) is 2. The van der Waals surface area contributed by atoms with Gasteiger partial charge in [0.2, 0.25) is 11.8 Å². The second-order valence-electron chi connectivity index (χ2n) is 13.1. The minimum absolute atomic E-state index is 0.0196. The van der Waals surface area contributed by atoms with Crippen LogP contribution >= 0.6 is 0 Å². The predicted molar refractivity (Wildman–Crippen MR) is 160 cm³/mol. The van der Waals surface area contributed by atoms with Crippen molar-refractivity contribution < 1.29 is 33.8 Å². The molecule has 2 aromatic carbocycles. The molecule has 0 heterocycles. The fraction of sp³-hybridized carbons (Fsp3) is 0.500. The normalized spacial score (nSPS) is 13.4. The molecular formula is C32H45N3O7. The van der Waals surface area contributed by atoms with E-state index in [0.717, 1.165) is 5.56 Å². The summed E-state index contributed by atoms with van der Waals surface area (Å²) < 4.78 is 10.9. The summed E-state index contributed by atoms with van der Waals surface area (Å²) in [6.45, 7) is 15.2. The van der Waals surface area contributed by atoms with E-state index in [-0.39, 0.29) is 12.2 Å². The van der Waals surface area contributed by atoms with Crippen molar-refractivity contribution in [2.24, 2.45) is 0 Å². The molecule has 0 bridgehead atoms. The predicted octanol–water partition coefficient (Wildman–Crippen LogP) is 4.65. The van der Waals surface area contributed by atoms with Gasteiger partial charge in [0.25, 0.3) is 0 Å². The maximum atomic E-state index is 14.1. The third-order valence-electron chi connectivity index (χ3n) is 5.78. The maximum absolute atomic E-state index is 14.1. The molecule has 2 unspecified atom stereocenters. The van der Waals surface area contributed by atoms with Gasteiger partial charge >= 0.3 is 12.1 Å². The molecule has 0 aliphatic rings. The van der Waals surface area contributed by atoms with Gasteiger partial charge in [0.05, 0.1) is 0 Å². The molecule has 10 nitrogen and oxygen atoms in total. The Bertz CT molecular complexity index is 1220. The van der Waals surface area contributed by atoms with E-state index in [1.165, 1.54) is 29.2 Å². The zero-order valence-electron chi connectivity index (χ0n) is 26.1. The number of rotatable bonds is 9. The first-order chi connectivity index (χ1) is 19.3. The number of benzene rings is 2. The Morgan fingerprint density at radius 2 is 1.36 bits per heavy atom. The molecule has 0 radical (unpaired) electrons. The average Bonchev–Trinajstić information content (AvgIpc) is 2.84. The number of alkyl carbamates (subject to hydrolysis) is 1. The number of esters is 1. The largest absolute Gasteiger partial charge is 0.508 e. The highest BCUT2D eigenvalue weighted by molar-refractivity contribution is 5.93. The van der Waals surface area contributed by atoms with E-state index in [1.54, 1.807) is 62.3 Å². The van der Waals surface area contributed by atoms with Gasteiger partial charge in [-0.1, -0.05) is 42.5 Å². The van der Waals surface area contributed by atoms with Crippen LogP contribution in [0.25, 0.3) is 0 Å². The summed E-state index contributed by atoms with van der Waals surface area (Å²) in [7, 11) is 0. The Balaban J connectivity index is 2.49. The highest BCUT2D eigenvalue weighted by Gasteiger charge is 2.40. The van der Waals surface area contributed by atoms with Gasteiger partial charge in [0, 0.05) is 12.0 Å². The van der Waals surface area contributed by atoms with Crippen LogP contribution < -0.4 is 10.6 Å². The second kappa shape index (κ2) is 13.7. The van der Waals surface area contributed by atoms with Gasteiger partial charge in [-0.15, -0.1) is 0 Å². The zero-order chi connectivity index (χ0) is 31.9. The molecular weight excluding hydrogens is 538 g/mol. The number of hydrogen-bond donors (Lipinski definition) is 3. The fourth-order valence-electron chi connectivity index (χ4n) is 4.19. The summed E-state index contributed by atoms with van der Waals surface area (Å²) in [4.78, 5) is 54.7. The Hall–Kier alpha value is -4.08. The van der Waals surface area contributed by atoms with E-state index < -0.39 is 59.2 Å². The van der Waals surface area contributed by atoms with Crippen molar-refractivity contribution in [1.82, 2.24) is 15.5 Å². The monoisotopic (exact) mass is 583 g/mol. The van der Waals surface area contributed by atoms with E-state index >= 15 is 0 Å². The molecule has 0 saturated heterocycles. The molecule has 2 rings (SSSR count). The fourth-order valence-corrected chi connectivity index (χ4v) is 4.19. The number of hydrogen-bond acceptors (Lipinski definition) is 7. The Morgan fingerprint density at radius 1 is 0.810 bits per heavy atom. The van der Waals surface area contributed by atoms with Crippen LogP contribution in [-0.2, 0) is 30.3 Å². The van der Waals surface area contributed by atoms with Crippen molar-refractivity contribution >= 4 is 23.9 Å². The molecule has 2 aromatic rings. The highest BCUT2D eigenvalue weighted by Crippen LogP contribution is 2.30. The van der Waals surface area contributed by atoms with E-state index in [0.29, 0.717) is 5.56 Å². The summed E-state index contributed by atoms with van der Waals surface area (Å²) in [5.74, 6) is -1.83. The lowest BCUT2D eigenvalue weighted by Crippen LogP contribution is -2.57. The maximum Gasteiger partial charge on any atom is 0.408 e. The molecule has 0 aliphatic carbocycles. The SMILES string of the molecule is CC(C)(C)OC(=O)NCC(=O)N(C(C(=O)NC(Cc1ccccc1)C(=O)OC(C)(C)C)c1ccc(O)cc1)C(C)(C)C. The van der Waals surface area contributed by atoms with Gasteiger partial charge in [0.1, 0.15) is 35.6 Å². The topological polar surface area (TPSA) is 134 Å². The Kier molecular flexibility index (Phi) is 11.1. The van der Waals surface area contributed by atoms with Gasteiger partial charge in [-0.3, -0.25) is 9.59 Å². The number of carbonyl (C=O) groups excluding carboxylic acids is 4. The molecule has 0 spiro atoms. The first kappa shape index (κ1) is 34.1. The van der Waals surface area contributed by atoms with Crippen molar-refractivity contribution in [1.29, 1.82) is 0 Å². The van der Waals surface area contributed by atoms with E-state index in [4.69, 9.17) is 9.47 Å². The van der Waals surface area contributed by atoms with E-state index in [9.17, 15) is 24.3 Å². The van der Waals surface area contributed by atoms with Crippen molar-refractivity contribution in [3.8, 4) is 5.75 Å². The number of phenols is 1. The third-order valence-corrected chi connectivity index (χ3v) is 5.78. The summed E-state index contributed by atoms with van der Waals surface area (Å²) in [5.41, 5.74) is -1.27. The molecule has 230 valence electrons. The molecule has 2 atom stereocenters. The average molecular weight is 584 g/mol. The van der Waals surface area contributed by atoms with Gasteiger partial charge in [-0.05, 0) is 85.6 Å². The van der Waals surface area contributed by atoms with Crippen molar-refractivity contribution in [3.63, 3.8) is 0 Å². The molecule has 10 heteroatoms. The molecule has 0 saturated carbocycles. The smallest absolute Gasteiger partial charge is 0.408 e. The lowest BCUT2D eigenvalue weighted by molar-refractivity contribution is -0.159. The number of aromatic hydroxyl groups is 1. The van der Waals surface area contributed by atoms with E-state index in [1.807, 2.05) is 30.3 Å². The van der Waals surface area contributed by atoms with Crippen LogP contribution in [0.3, 0.4) is 0 Å². The molecule has 0 aliphatic heterocycles. The summed E-state index contributed by atoms with van der Waals surface area (Å²) in [5, 5.41) is 15.2. The van der Waals surface area contributed by atoms with E-state index in [2.05, 4.69) is 10.6 Å². The van der Waals surface area contributed by atoms with Crippen molar-refractivity contribution in [2.45, 2.75) is 97.6 Å². The molecule has 0 fully saturated rings. The van der Waals surface area contributed by atoms with Crippen molar-refractivity contribution in [2.75, 3.05) is 6.54 Å². The van der Waals surface area contributed by atoms with Gasteiger partial charge in [-0.2, -0.15) is 0 Å². The van der Waals surface area contributed by atoms with Crippen LogP contribution in [0.4, 0.5) is 4.79 Å². The Labute approximate surface area is 248 Å². The number of amides is 3. The first-order valence-electron chi connectivity index (χ1n) is 13.9. The van der Waals surface area contributed by atoms with Crippen molar-refractivity contribution in [3.05, 3.63) is 65.7 Å². The number of nitrogens with one attached hydrogen (secondary N) is 2. The number of phenolic OH excluding ortho intramolecular Hbond substituents is 1. The molecule has 3 amide bonds. The summed E-state index contributed by atoms with van der Waals surface area (Å²) in [6, 6.07) is 12.8. The summed E-state index contributed by atoms with van der Waals surface area (Å²) in [6.07, 6.45) is -0.615. The van der Waals surface area contributed by atoms with Crippen LogP contribution in [0.2, 0.25) is 0 Å². The molecule has 42 heavy (non-hydrogen) atoms. The first-order valence-corrected chi connectivity index (χ1v) is 13.9. The minimum Gasteiger partial charge on any atom is -0.508 e. The van der Waals surface area contributed by atoms with Crippen LogP contribution in [0, 0.1) is 0 Å². The van der Waals surface area contributed by atoms with Crippen LogP contribution in [0.15, 0.2) is 54.6 Å². The highest BCUT2D eigenvalue weighted by atomic mass is 16.6. The standard InChI is InChI=1S/C32H45N3O7/c1-30(2,3)35(25(37)20-33-29(40)42-32(7,8)9)26(22-15-17-23(36)18-16-22)27(38)34-24(28(39)41-31(4,5)6)19-21-13-11-10-12-14-21/h10-18,24,26,36H,19-20H2,1-9H3,(H,33,40)(H,34,38). The van der Waals surface area contributed by atoms with Crippen LogP contribution in [0.5, 0.6) is 5.75 Å².